The van der Waals surface area contributed by atoms with Gasteiger partial charge in [0.25, 0.3) is 0 Å². The Morgan fingerprint density at radius 1 is 1.50 bits per heavy atom. The fraction of sp³-hybridized carbons (Fsp3) is 0.500. The van der Waals surface area contributed by atoms with Gasteiger partial charge < -0.3 is 10.8 Å². The zero-order valence-electron chi connectivity index (χ0n) is 7.07. The fourth-order valence-corrected chi connectivity index (χ4v) is 0.858. The molecule has 1 unspecified atom stereocenters. The van der Waals surface area contributed by atoms with Gasteiger partial charge in [0, 0.05) is 24.9 Å². The third-order valence-electron chi connectivity index (χ3n) is 1.54. The second-order valence-corrected chi connectivity index (χ2v) is 2.80. The summed E-state index contributed by atoms with van der Waals surface area (Å²) in [4.78, 5) is 8.18. The molecule has 12 heavy (non-hydrogen) atoms. The Morgan fingerprint density at radius 2 is 2.25 bits per heavy atom. The smallest absolute Gasteiger partial charge is 0.0603 e. The molecule has 4 nitrogen and oxygen atoms in total. The topological polar surface area (TPSA) is 72.0 Å². The molecule has 66 valence electrons. The number of nitrogens with zero attached hydrogens (tertiary/aromatic N) is 2. The maximum atomic E-state index is 8.68. The van der Waals surface area contributed by atoms with Crippen molar-refractivity contribution >= 4 is 0 Å². The molecule has 4 heteroatoms. The summed E-state index contributed by atoms with van der Waals surface area (Å²) in [6, 6.07) is -0.234. The van der Waals surface area contributed by atoms with Crippen molar-refractivity contribution in [2.75, 3.05) is 6.61 Å². The van der Waals surface area contributed by atoms with E-state index in [9.17, 15) is 0 Å². The van der Waals surface area contributed by atoms with Crippen molar-refractivity contribution in [2.45, 2.75) is 19.4 Å². The summed E-state index contributed by atoms with van der Waals surface area (Å²) in [6.45, 7) is 1.86. The zero-order valence-corrected chi connectivity index (χ0v) is 7.07. The highest BCUT2D eigenvalue weighted by Gasteiger charge is 2.02. The minimum atomic E-state index is -0.234. The molecule has 0 saturated carbocycles. The highest BCUT2D eigenvalue weighted by atomic mass is 16.3. The molecule has 1 aromatic rings. The van der Waals surface area contributed by atoms with Crippen LogP contribution in [0.1, 0.15) is 11.4 Å². The zero-order chi connectivity index (χ0) is 8.97. The molecule has 0 radical (unpaired) electrons. The number of rotatable bonds is 3. The summed E-state index contributed by atoms with van der Waals surface area (Å²) in [5.41, 5.74) is 7.23. The van der Waals surface area contributed by atoms with Crippen molar-refractivity contribution in [2.24, 2.45) is 5.73 Å². The summed E-state index contributed by atoms with van der Waals surface area (Å²) < 4.78 is 0. The molecule has 0 fully saturated rings. The Balaban J connectivity index is 2.58. The minimum Gasteiger partial charge on any atom is -0.395 e. The van der Waals surface area contributed by atoms with E-state index in [-0.39, 0.29) is 12.6 Å². The van der Waals surface area contributed by atoms with Gasteiger partial charge in [-0.15, -0.1) is 0 Å². The van der Waals surface area contributed by atoms with Crippen LogP contribution in [0.2, 0.25) is 0 Å². The largest absolute Gasteiger partial charge is 0.395 e. The minimum absolute atomic E-state index is 0.0183. The molecule has 3 N–H and O–H groups in total. The number of hydrogen-bond acceptors (Lipinski definition) is 4. The standard InChI is InChI=1S/C8H13N3O/c1-6-3-11-8(4-10-6)2-7(9)5-12/h3-4,7,12H,2,5,9H2,1H3. The van der Waals surface area contributed by atoms with Gasteiger partial charge in [0.2, 0.25) is 0 Å². The summed E-state index contributed by atoms with van der Waals surface area (Å²) in [6.07, 6.45) is 3.95. The van der Waals surface area contributed by atoms with E-state index in [1.165, 1.54) is 0 Å². The van der Waals surface area contributed by atoms with Crippen LogP contribution in [0.3, 0.4) is 0 Å². The summed E-state index contributed by atoms with van der Waals surface area (Å²) in [5.74, 6) is 0. The van der Waals surface area contributed by atoms with Crippen LogP contribution in [0, 0.1) is 6.92 Å². The monoisotopic (exact) mass is 167 g/mol. The van der Waals surface area contributed by atoms with Gasteiger partial charge in [0.1, 0.15) is 0 Å². The van der Waals surface area contributed by atoms with Crippen LogP contribution in [-0.4, -0.2) is 27.7 Å². The Bertz CT molecular complexity index is 235. The van der Waals surface area contributed by atoms with E-state index in [4.69, 9.17) is 10.8 Å². The Kier molecular flexibility index (Phi) is 3.13. The first-order chi connectivity index (χ1) is 5.72. The molecule has 1 aromatic heterocycles. The number of aryl methyl sites for hydroxylation is 1. The molecule has 0 spiro atoms. The number of aliphatic hydroxyl groups excluding tert-OH is 1. The number of aliphatic hydroxyl groups is 1. The van der Waals surface area contributed by atoms with Crippen molar-refractivity contribution in [3.8, 4) is 0 Å². The molecule has 0 bridgehead atoms. The maximum Gasteiger partial charge on any atom is 0.0603 e. The maximum absolute atomic E-state index is 8.68. The van der Waals surface area contributed by atoms with Crippen LogP contribution in [0.5, 0.6) is 0 Å². The number of aromatic nitrogens is 2. The highest BCUT2D eigenvalue weighted by molar-refractivity contribution is 5.02. The van der Waals surface area contributed by atoms with Crippen molar-refractivity contribution < 1.29 is 5.11 Å². The third kappa shape index (κ3) is 2.56. The quantitative estimate of drug-likeness (QED) is 0.645. The first-order valence-corrected chi connectivity index (χ1v) is 3.86. The Hall–Kier alpha value is -1.00. The molecule has 1 rings (SSSR count). The predicted molar refractivity (Wildman–Crippen MR) is 45.5 cm³/mol. The van der Waals surface area contributed by atoms with Crippen LogP contribution < -0.4 is 5.73 Å². The van der Waals surface area contributed by atoms with Crippen LogP contribution >= 0.6 is 0 Å². The molecule has 0 aliphatic carbocycles. The van der Waals surface area contributed by atoms with Gasteiger partial charge in [-0.1, -0.05) is 0 Å². The van der Waals surface area contributed by atoms with Gasteiger partial charge in [-0.3, -0.25) is 9.97 Å². The third-order valence-corrected chi connectivity index (χ3v) is 1.54. The van der Waals surface area contributed by atoms with Gasteiger partial charge >= 0.3 is 0 Å². The van der Waals surface area contributed by atoms with E-state index >= 15 is 0 Å². The lowest BCUT2D eigenvalue weighted by atomic mass is 10.2. The predicted octanol–water partition coefficient (Wildman–Crippen LogP) is -0.353. The normalized spacial score (nSPS) is 12.9. The van der Waals surface area contributed by atoms with E-state index in [0.29, 0.717) is 6.42 Å². The fourth-order valence-electron chi connectivity index (χ4n) is 0.858. The van der Waals surface area contributed by atoms with Crippen LogP contribution in [0.15, 0.2) is 12.4 Å². The molecule has 1 atom stereocenters. The van der Waals surface area contributed by atoms with Gasteiger partial charge in [0.05, 0.1) is 18.0 Å². The van der Waals surface area contributed by atoms with E-state index in [1.54, 1.807) is 12.4 Å². The summed E-state index contributed by atoms with van der Waals surface area (Å²) in [7, 11) is 0. The molecule has 0 aromatic carbocycles. The van der Waals surface area contributed by atoms with E-state index < -0.39 is 0 Å². The Morgan fingerprint density at radius 3 is 2.75 bits per heavy atom. The molecule has 0 amide bonds. The van der Waals surface area contributed by atoms with E-state index in [2.05, 4.69) is 9.97 Å². The average Bonchev–Trinajstić information content (AvgIpc) is 2.09. The van der Waals surface area contributed by atoms with Crippen molar-refractivity contribution in [1.29, 1.82) is 0 Å². The molecule has 0 aliphatic heterocycles. The molecule has 0 saturated heterocycles. The van der Waals surface area contributed by atoms with Gasteiger partial charge in [-0.2, -0.15) is 0 Å². The van der Waals surface area contributed by atoms with Crippen molar-refractivity contribution in [1.82, 2.24) is 9.97 Å². The van der Waals surface area contributed by atoms with E-state index in [0.717, 1.165) is 11.4 Å². The highest BCUT2D eigenvalue weighted by Crippen LogP contribution is 1.96. The van der Waals surface area contributed by atoms with Gasteiger partial charge in [0.15, 0.2) is 0 Å². The van der Waals surface area contributed by atoms with Crippen LogP contribution in [0.4, 0.5) is 0 Å². The molecule has 0 aliphatic rings. The number of hydrogen-bond donors (Lipinski definition) is 2. The van der Waals surface area contributed by atoms with Gasteiger partial charge in [-0.05, 0) is 6.92 Å². The molecular formula is C8H13N3O. The van der Waals surface area contributed by atoms with Crippen LogP contribution in [-0.2, 0) is 6.42 Å². The summed E-state index contributed by atoms with van der Waals surface area (Å²) >= 11 is 0. The first kappa shape index (κ1) is 9.09. The first-order valence-electron chi connectivity index (χ1n) is 3.86. The lowest BCUT2D eigenvalue weighted by molar-refractivity contribution is 0.264. The molecular weight excluding hydrogens is 154 g/mol. The number of nitrogens with two attached hydrogens (primary N) is 1. The lowest BCUT2D eigenvalue weighted by Crippen LogP contribution is -2.27. The van der Waals surface area contributed by atoms with Crippen LogP contribution in [0.25, 0.3) is 0 Å². The summed E-state index contributed by atoms with van der Waals surface area (Å²) in [5, 5.41) is 8.68. The average molecular weight is 167 g/mol. The SMILES string of the molecule is Cc1cnc(CC(N)CO)cn1. The molecule has 1 heterocycles. The van der Waals surface area contributed by atoms with Gasteiger partial charge in [-0.25, -0.2) is 0 Å². The van der Waals surface area contributed by atoms with Crippen molar-refractivity contribution in [3.63, 3.8) is 0 Å². The van der Waals surface area contributed by atoms with Crippen molar-refractivity contribution in [3.05, 3.63) is 23.8 Å². The Labute approximate surface area is 71.5 Å². The van der Waals surface area contributed by atoms with E-state index in [1.807, 2.05) is 6.92 Å². The lowest BCUT2D eigenvalue weighted by Gasteiger charge is -2.05. The second-order valence-electron chi connectivity index (χ2n) is 2.80. The second kappa shape index (κ2) is 4.13.